The summed E-state index contributed by atoms with van der Waals surface area (Å²) in [6.07, 6.45) is 5.70. The predicted molar refractivity (Wildman–Crippen MR) is 136 cm³/mol. The molecule has 2 heterocycles. The van der Waals surface area contributed by atoms with Gasteiger partial charge in [0.15, 0.2) is 0 Å². The molecular formula is C26H17ClN6S. The first-order chi connectivity index (χ1) is 16.5. The smallest absolute Gasteiger partial charge is 0.226 e. The van der Waals surface area contributed by atoms with Gasteiger partial charge in [0.05, 0.1) is 40.1 Å². The van der Waals surface area contributed by atoms with Crippen molar-refractivity contribution in [2.24, 2.45) is 12.0 Å². The number of hydrogen-bond donors (Lipinski definition) is 0. The van der Waals surface area contributed by atoms with Gasteiger partial charge >= 0.3 is 0 Å². The summed E-state index contributed by atoms with van der Waals surface area (Å²) in [6, 6.07) is 21.6. The van der Waals surface area contributed by atoms with Gasteiger partial charge in [-0.2, -0.15) is 10.5 Å². The maximum atomic E-state index is 9.55. The van der Waals surface area contributed by atoms with Crippen molar-refractivity contribution in [3.63, 3.8) is 0 Å². The second-order valence-electron chi connectivity index (χ2n) is 7.64. The quantitative estimate of drug-likeness (QED) is 0.241. The molecule has 0 bridgehead atoms. The molecule has 0 saturated carbocycles. The van der Waals surface area contributed by atoms with Crippen molar-refractivity contribution in [1.82, 2.24) is 14.1 Å². The summed E-state index contributed by atoms with van der Waals surface area (Å²) in [7, 11) is 1.86. The van der Waals surface area contributed by atoms with Crippen LogP contribution in [-0.2, 0) is 7.05 Å². The van der Waals surface area contributed by atoms with Crippen molar-refractivity contribution in [2.45, 2.75) is 4.90 Å². The number of thioether (sulfide) groups is 1. The number of rotatable bonds is 3. The summed E-state index contributed by atoms with van der Waals surface area (Å²) in [6.45, 7) is 0. The van der Waals surface area contributed by atoms with Crippen molar-refractivity contribution >= 4 is 45.3 Å². The molecule has 6 nitrogen and oxygen atoms in total. The lowest BCUT2D eigenvalue weighted by molar-refractivity contribution is 0.806. The lowest BCUT2D eigenvalue weighted by Crippen LogP contribution is -2.23. The number of fused-ring (bicyclic) bond motifs is 3. The van der Waals surface area contributed by atoms with Crippen LogP contribution in [0, 0.1) is 22.8 Å². The van der Waals surface area contributed by atoms with Crippen LogP contribution in [0.25, 0.3) is 38.8 Å². The average molecular weight is 481 g/mol. The number of imidazole rings is 1. The molecule has 0 aliphatic rings. The normalized spacial score (nSPS) is 11.6. The van der Waals surface area contributed by atoms with E-state index in [4.69, 9.17) is 11.6 Å². The van der Waals surface area contributed by atoms with Gasteiger partial charge in [0.25, 0.3) is 0 Å². The molecule has 5 aromatic rings. The van der Waals surface area contributed by atoms with Crippen molar-refractivity contribution in [3.05, 3.63) is 83.1 Å². The first-order valence-electron chi connectivity index (χ1n) is 10.3. The Balaban J connectivity index is 1.95. The highest BCUT2D eigenvalue weighted by Crippen LogP contribution is 2.32. The fourth-order valence-electron chi connectivity index (χ4n) is 4.16. The molecule has 0 unspecified atom stereocenters. The van der Waals surface area contributed by atoms with Crippen LogP contribution in [0.5, 0.6) is 0 Å². The Hall–Kier alpha value is -4.04. The molecular weight excluding hydrogens is 464 g/mol. The van der Waals surface area contributed by atoms with Gasteiger partial charge in [-0.1, -0.05) is 29.8 Å². The summed E-state index contributed by atoms with van der Waals surface area (Å²) in [5, 5.41) is 20.6. The molecule has 0 amide bonds. The van der Waals surface area contributed by atoms with Gasteiger partial charge in [0, 0.05) is 22.4 Å². The Morgan fingerprint density at radius 2 is 1.76 bits per heavy atom. The zero-order valence-electron chi connectivity index (χ0n) is 18.3. The minimum absolute atomic E-state index is 0.453. The van der Waals surface area contributed by atoms with Gasteiger partial charge in [-0.05, 0) is 59.8 Å². The zero-order valence-corrected chi connectivity index (χ0v) is 19.9. The molecule has 3 aromatic carbocycles. The molecule has 34 heavy (non-hydrogen) atoms. The first-order valence-corrected chi connectivity index (χ1v) is 11.9. The summed E-state index contributed by atoms with van der Waals surface area (Å²) in [5.41, 5.74) is 6.32. The second kappa shape index (κ2) is 8.72. The maximum absolute atomic E-state index is 9.55. The molecule has 0 aliphatic carbocycles. The van der Waals surface area contributed by atoms with E-state index in [2.05, 4.69) is 22.1 Å². The minimum atomic E-state index is 0.453. The van der Waals surface area contributed by atoms with Crippen LogP contribution in [-0.4, -0.2) is 20.4 Å². The third-order valence-electron chi connectivity index (χ3n) is 5.78. The van der Waals surface area contributed by atoms with Crippen LogP contribution >= 0.6 is 23.4 Å². The van der Waals surface area contributed by atoms with E-state index in [0.29, 0.717) is 16.2 Å². The number of pyridine rings is 1. The Labute approximate surface area is 205 Å². The SMILES string of the molecule is CSc1ccc(C#N)cc1-n1c(=NC#N)n(C)c2cnc3ccc(-c4ccc(Cl)cc4)cc3c21. The molecule has 0 aliphatic heterocycles. The summed E-state index contributed by atoms with van der Waals surface area (Å²) < 4.78 is 3.80. The van der Waals surface area contributed by atoms with Crippen LogP contribution in [0.3, 0.4) is 0 Å². The number of nitrogens with zero attached hydrogens (tertiary/aromatic N) is 6. The van der Waals surface area contributed by atoms with Crippen molar-refractivity contribution in [3.8, 4) is 29.1 Å². The highest BCUT2D eigenvalue weighted by molar-refractivity contribution is 7.98. The maximum Gasteiger partial charge on any atom is 0.226 e. The molecule has 0 N–H and O–H groups in total. The summed E-state index contributed by atoms with van der Waals surface area (Å²) in [5.74, 6) is 0. The number of hydrogen-bond acceptors (Lipinski definition) is 5. The van der Waals surface area contributed by atoms with Gasteiger partial charge in [0.1, 0.15) is 0 Å². The van der Waals surface area contributed by atoms with Crippen LogP contribution in [0.4, 0.5) is 0 Å². The highest BCUT2D eigenvalue weighted by Gasteiger charge is 2.18. The number of benzene rings is 3. The lowest BCUT2D eigenvalue weighted by atomic mass is 10.0. The number of aromatic nitrogens is 3. The van der Waals surface area contributed by atoms with Crippen LogP contribution in [0.15, 0.2) is 76.7 Å². The van der Waals surface area contributed by atoms with Crippen molar-refractivity contribution in [1.29, 1.82) is 10.5 Å². The zero-order chi connectivity index (χ0) is 23.8. The summed E-state index contributed by atoms with van der Waals surface area (Å²) >= 11 is 7.65. The predicted octanol–water partition coefficient (Wildman–Crippen LogP) is 5.81. The average Bonchev–Trinajstić information content (AvgIpc) is 3.15. The van der Waals surface area contributed by atoms with E-state index in [1.54, 1.807) is 24.0 Å². The molecule has 5 rings (SSSR count). The molecule has 0 radical (unpaired) electrons. The monoisotopic (exact) mass is 480 g/mol. The Morgan fingerprint density at radius 1 is 1.00 bits per heavy atom. The molecule has 0 saturated heterocycles. The van der Waals surface area contributed by atoms with Gasteiger partial charge in [-0.3, -0.25) is 9.55 Å². The van der Waals surface area contributed by atoms with Gasteiger partial charge < -0.3 is 4.57 Å². The fraction of sp³-hybridized carbons (Fsp3) is 0.0769. The van der Waals surface area contributed by atoms with Crippen LogP contribution in [0.2, 0.25) is 5.02 Å². The highest BCUT2D eigenvalue weighted by atomic mass is 35.5. The number of nitriles is 2. The molecule has 0 spiro atoms. The Bertz CT molecular complexity index is 1730. The Morgan fingerprint density at radius 3 is 2.47 bits per heavy atom. The molecule has 0 atom stereocenters. The van der Waals surface area contributed by atoms with E-state index >= 15 is 0 Å². The largest absolute Gasteiger partial charge is 0.311 e. The molecule has 0 fully saturated rings. The third kappa shape index (κ3) is 3.52. The van der Waals surface area contributed by atoms with Crippen molar-refractivity contribution < 1.29 is 0 Å². The van der Waals surface area contributed by atoms with Gasteiger partial charge in [0.2, 0.25) is 11.8 Å². The number of aryl methyl sites for hydroxylation is 1. The third-order valence-corrected chi connectivity index (χ3v) is 6.82. The first kappa shape index (κ1) is 21.8. The summed E-state index contributed by atoms with van der Waals surface area (Å²) in [4.78, 5) is 9.77. The van der Waals surface area contributed by atoms with Gasteiger partial charge in [-0.25, -0.2) is 0 Å². The fourth-order valence-corrected chi connectivity index (χ4v) is 4.85. The van der Waals surface area contributed by atoms with E-state index in [-0.39, 0.29) is 0 Å². The standard InChI is InChI=1S/C26H17ClN6S/c1-32-23-14-30-21-9-6-18(17-4-7-19(27)8-5-17)12-20(21)25(23)33(26(32)31-15-29)22-11-16(13-28)3-10-24(22)34-2/h3-12,14H,1-2H3. The minimum Gasteiger partial charge on any atom is -0.311 e. The number of halogens is 1. The van der Waals surface area contributed by atoms with E-state index < -0.39 is 0 Å². The van der Waals surface area contributed by atoms with E-state index in [1.807, 2.05) is 77.2 Å². The van der Waals surface area contributed by atoms with Crippen LogP contribution < -0.4 is 5.62 Å². The second-order valence-corrected chi connectivity index (χ2v) is 8.92. The van der Waals surface area contributed by atoms with E-state index in [9.17, 15) is 10.5 Å². The van der Waals surface area contributed by atoms with E-state index in [1.165, 1.54) is 0 Å². The van der Waals surface area contributed by atoms with E-state index in [0.717, 1.165) is 43.6 Å². The van der Waals surface area contributed by atoms with Crippen molar-refractivity contribution in [2.75, 3.05) is 6.26 Å². The molecule has 2 aromatic heterocycles. The Kier molecular flexibility index (Phi) is 5.59. The topological polar surface area (TPSA) is 82.7 Å². The molecule has 8 heteroatoms. The lowest BCUT2D eigenvalue weighted by Gasteiger charge is -2.12. The van der Waals surface area contributed by atoms with Gasteiger partial charge in [-0.15, -0.1) is 16.8 Å². The van der Waals surface area contributed by atoms with Crippen LogP contribution in [0.1, 0.15) is 5.56 Å². The molecule has 164 valence electrons.